The average Bonchev–Trinajstić information content (AvgIpc) is 3.21. The molecule has 0 bridgehead atoms. The Hall–Kier alpha value is -3.05. The van der Waals surface area contributed by atoms with Gasteiger partial charge in [0.1, 0.15) is 13.1 Å². The largest absolute Gasteiger partial charge is 0.341 e. The zero-order valence-electron chi connectivity index (χ0n) is 15.8. The van der Waals surface area contributed by atoms with Gasteiger partial charge in [0.25, 0.3) is 11.1 Å². The van der Waals surface area contributed by atoms with Gasteiger partial charge in [0.2, 0.25) is 5.91 Å². The van der Waals surface area contributed by atoms with Crippen LogP contribution in [0.15, 0.2) is 35.4 Å². The molecule has 2 aliphatic heterocycles. The van der Waals surface area contributed by atoms with Gasteiger partial charge in [-0.1, -0.05) is 18.2 Å². The molecule has 8 heteroatoms. The van der Waals surface area contributed by atoms with Gasteiger partial charge < -0.3 is 9.47 Å². The fourth-order valence-electron chi connectivity index (χ4n) is 3.75. The van der Waals surface area contributed by atoms with Crippen LogP contribution in [0.5, 0.6) is 0 Å². The van der Waals surface area contributed by atoms with Crippen molar-refractivity contribution in [3.05, 3.63) is 40.9 Å². The maximum absolute atomic E-state index is 12.8. The van der Waals surface area contributed by atoms with E-state index in [-0.39, 0.29) is 19.0 Å². The van der Waals surface area contributed by atoms with Gasteiger partial charge in [-0.3, -0.25) is 19.3 Å². The fourth-order valence-corrected chi connectivity index (χ4v) is 4.58. The fraction of sp³-hybridized carbons (Fsp3) is 0.333. The molecule has 2 fully saturated rings. The second kappa shape index (κ2) is 8.13. The Morgan fingerprint density at radius 3 is 2.69 bits per heavy atom. The first-order valence-corrected chi connectivity index (χ1v) is 10.4. The first-order valence-electron chi connectivity index (χ1n) is 9.56. The molecule has 2 saturated heterocycles. The Morgan fingerprint density at radius 1 is 1.17 bits per heavy atom. The summed E-state index contributed by atoms with van der Waals surface area (Å²) in [7, 11) is 0. The number of imide groups is 1. The normalized spacial score (nSPS) is 18.7. The van der Waals surface area contributed by atoms with E-state index in [4.69, 9.17) is 5.26 Å². The number of piperidine rings is 1. The minimum absolute atomic E-state index is 0.182. The maximum Gasteiger partial charge on any atom is 0.294 e. The lowest BCUT2D eigenvalue weighted by Crippen LogP contribution is -2.44. The number of carbonyl (C=O) groups is 3. The van der Waals surface area contributed by atoms with Crippen LogP contribution in [-0.4, -0.2) is 51.1 Å². The predicted molar refractivity (Wildman–Crippen MR) is 111 cm³/mol. The Labute approximate surface area is 172 Å². The second-order valence-electron chi connectivity index (χ2n) is 7.10. The predicted octanol–water partition coefficient (Wildman–Crippen LogP) is 3.21. The lowest BCUT2D eigenvalue weighted by atomic mass is 10.1. The summed E-state index contributed by atoms with van der Waals surface area (Å²) >= 11 is 0.850. The highest BCUT2D eigenvalue weighted by Crippen LogP contribution is 2.34. The number of hydrogen-bond donors (Lipinski definition) is 0. The van der Waals surface area contributed by atoms with E-state index in [9.17, 15) is 14.4 Å². The number of nitriles is 1. The van der Waals surface area contributed by atoms with Gasteiger partial charge in [-0.25, -0.2) is 0 Å². The molecule has 0 unspecified atom stereocenters. The molecule has 4 rings (SSSR count). The number of nitrogens with zero attached hydrogens (tertiary/aromatic N) is 4. The van der Waals surface area contributed by atoms with Crippen molar-refractivity contribution in [1.29, 1.82) is 5.26 Å². The number of carbonyl (C=O) groups excluding carboxylic acids is 3. The number of benzene rings is 1. The molecule has 0 aliphatic carbocycles. The quantitative estimate of drug-likeness (QED) is 0.725. The molecule has 3 amide bonds. The van der Waals surface area contributed by atoms with Gasteiger partial charge in [-0.15, -0.1) is 0 Å². The molecule has 3 heterocycles. The van der Waals surface area contributed by atoms with Gasteiger partial charge in [0, 0.05) is 35.8 Å². The second-order valence-corrected chi connectivity index (χ2v) is 8.09. The number of para-hydroxylation sites is 1. The SMILES string of the molecule is N#CCn1cc(C=C2SC(=O)N(CC(=O)N3CCCCC3)C2=O)c2ccccc21. The zero-order valence-corrected chi connectivity index (χ0v) is 16.7. The van der Waals surface area contributed by atoms with Crippen LogP contribution in [0.2, 0.25) is 0 Å². The molecule has 0 radical (unpaired) electrons. The minimum atomic E-state index is -0.442. The summed E-state index contributed by atoms with van der Waals surface area (Å²) in [4.78, 5) is 40.7. The molecule has 2 aromatic rings. The van der Waals surface area contributed by atoms with E-state index >= 15 is 0 Å². The van der Waals surface area contributed by atoms with Gasteiger partial charge >= 0.3 is 0 Å². The number of fused-ring (bicyclic) bond motifs is 1. The third-order valence-corrected chi connectivity index (χ3v) is 6.13. The molecular weight excluding hydrogens is 388 g/mol. The molecule has 0 atom stereocenters. The standard InChI is InChI=1S/C21H20N4O3S/c22-8-11-24-13-15(16-6-2-3-7-17(16)24)12-18-20(27)25(21(28)29-18)14-19(26)23-9-4-1-5-10-23/h2-3,6-7,12-13H,1,4-5,9-11,14H2. The van der Waals surface area contributed by atoms with Crippen molar-refractivity contribution in [2.24, 2.45) is 0 Å². The average molecular weight is 408 g/mol. The van der Waals surface area contributed by atoms with Crippen molar-refractivity contribution in [3.8, 4) is 6.07 Å². The van der Waals surface area contributed by atoms with Gasteiger partial charge in [-0.05, 0) is 43.2 Å². The molecule has 148 valence electrons. The lowest BCUT2D eigenvalue weighted by Gasteiger charge is -2.27. The first-order chi connectivity index (χ1) is 14.1. The van der Waals surface area contributed by atoms with E-state index < -0.39 is 11.1 Å². The number of thioether (sulfide) groups is 1. The van der Waals surface area contributed by atoms with E-state index in [0.717, 1.165) is 52.4 Å². The van der Waals surface area contributed by atoms with Crippen molar-refractivity contribution in [2.45, 2.75) is 25.8 Å². The van der Waals surface area contributed by atoms with Crippen LogP contribution in [0, 0.1) is 11.3 Å². The molecule has 7 nitrogen and oxygen atoms in total. The van der Waals surface area contributed by atoms with Crippen molar-refractivity contribution in [2.75, 3.05) is 19.6 Å². The molecule has 1 aromatic heterocycles. The topological polar surface area (TPSA) is 86.4 Å². The summed E-state index contributed by atoms with van der Waals surface area (Å²) in [5.74, 6) is -0.624. The van der Waals surface area contributed by atoms with Crippen LogP contribution < -0.4 is 0 Å². The van der Waals surface area contributed by atoms with E-state index in [0.29, 0.717) is 18.0 Å². The van der Waals surface area contributed by atoms with E-state index in [2.05, 4.69) is 6.07 Å². The third kappa shape index (κ3) is 3.78. The number of rotatable bonds is 4. The molecule has 0 saturated carbocycles. The first kappa shape index (κ1) is 19.3. The summed E-state index contributed by atoms with van der Waals surface area (Å²) in [5.41, 5.74) is 1.66. The summed E-state index contributed by atoms with van der Waals surface area (Å²) in [6, 6.07) is 9.73. The molecule has 1 aromatic carbocycles. The van der Waals surface area contributed by atoms with E-state index in [1.807, 2.05) is 28.8 Å². The number of amides is 3. The highest BCUT2D eigenvalue weighted by atomic mass is 32.2. The van der Waals surface area contributed by atoms with Gasteiger partial charge in [0.05, 0.1) is 11.0 Å². The highest BCUT2D eigenvalue weighted by Gasteiger charge is 2.37. The lowest BCUT2D eigenvalue weighted by molar-refractivity contribution is -0.136. The molecule has 2 aliphatic rings. The summed E-state index contributed by atoms with van der Waals surface area (Å²) in [5, 5.41) is 9.52. The van der Waals surface area contributed by atoms with Crippen molar-refractivity contribution < 1.29 is 14.4 Å². The van der Waals surface area contributed by atoms with Crippen LogP contribution in [0.1, 0.15) is 24.8 Å². The Balaban J connectivity index is 1.57. The van der Waals surface area contributed by atoms with Gasteiger partial charge in [0.15, 0.2) is 0 Å². The Kier molecular flexibility index (Phi) is 5.41. The number of hydrogen-bond acceptors (Lipinski definition) is 5. The maximum atomic E-state index is 12.8. The smallest absolute Gasteiger partial charge is 0.294 e. The Morgan fingerprint density at radius 2 is 1.93 bits per heavy atom. The summed E-state index contributed by atoms with van der Waals surface area (Å²) < 4.78 is 1.81. The number of aromatic nitrogens is 1. The summed E-state index contributed by atoms with van der Waals surface area (Å²) in [6.07, 6.45) is 6.50. The van der Waals surface area contributed by atoms with Crippen molar-refractivity contribution in [3.63, 3.8) is 0 Å². The molecular formula is C21H20N4O3S. The van der Waals surface area contributed by atoms with Crippen LogP contribution >= 0.6 is 11.8 Å². The van der Waals surface area contributed by atoms with Crippen LogP contribution in [-0.2, 0) is 16.1 Å². The van der Waals surface area contributed by atoms with E-state index in [1.54, 1.807) is 17.2 Å². The summed E-state index contributed by atoms with van der Waals surface area (Å²) in [6.45, 7) is 1.35. The highest BCUT2D eigenvalue weighted by molar-refractivity contribution is 8.18. The zero-order chi connectivity index (χ0) is 20.4. The minimum Gasteiger partial charge on any atom is -0.341 e. The van der Waals surface area contributed by atoms with E-state index in [1.165, 1.54) is 0 Å². The van der Waals surface area contributed by atoms with Crippen molar-refractivity contribution >= 4 is 45.8 Å². The number of likely N-dealkylation sites (tertiary alicyclic amines) is 1. The monoisotopic (exact) mass is 408 g/mol. The third-order valence-electron chi connectivity index (χ3n) is 5.22. The van der Waals surface area contributed by atoms with Crippen LogP contribution in [0.25, 0.3) is 17.0 Å². The van der Waals surface area contributed by atoms with Crippen molar-refractivity contribution in [1.82, 2.24) is 14.4 Å². The Bertz CT molecular complexity index is 1060. The van der Waals surface area contributed by atoms with Crippen LogP contribution in [0.4, 0.5) is 4.79 Å². The van der Waals surface area contributed by atoms with Crippen LogP contribution in [0.3, 0.4) is 0 Å². The molecule has 29 heavy (non-hydrogen) atoms. The molecule has 0 spiro atoms. The van der Waals surface area contributed by atoms with Gasteiger partial charge in [-0.2, -0.15) is 5.26 Å². The molecule has 0 N–H and O–H groups in total.